The van der Waals surface area contributed by atoms with Crippen LogP contribution in [-0.2, 0) is 10.3 Å². The van der Waals surface area contributed by atoms with Crippen molar-refractivity contribution in [1.82, 2.24) is 15.0 Å². The molecule has 0 amide bonds. The van der Waals surface area contributed by atoms with Crippen molar-refractivity contribution in [2.45, 2.75) is 37.7 Å². The molecule has 25 heavy (non-hydrogen) atoms. The molecule has 0 saturated carbocycles. The number of piperidine rings is 1. The lowest BCUT2D eigenvalue weighted by atomic mass is 9.85. The van der Waals surface area contributed by atoms with Crippen LogP contribution in [0, 0.1) is 6.92 Å². The first kappa shape index (κ1) is 16.4. The Morgan fingerprint density at radius 3 is 2.80 bits per heavy atom. The van der Waals surface area contributed by atoms with Crippen LogP contribution in [0.1, 0.15) is 42.3 Å². The lowest BCUT2D eigenvalue weighted by Crippen LogP contribution is -2.43. The lowest BCUT2D eigenvalue weighted by Gasteiger charge is -2.39. The molecular formula is C19H24N4O2. The number of rotatable bonds is 3. The summed E-state index contributed by atoms with van der Waals surface area (Å²) in [4.78, 5) is 15.6. The van der Waals surface area contributed by atoms with E-state index in [2.05, 4.69) is 25.9 Å². The van der Waals surface area contributed by atoms with Crippen molar-refractivity contribution >= 4 is 5.82 Å². The molecule has 6 nitrogen and oxygen atoms in total. The van der Waals surface area contributed by atoms with Crippen molar-refractivity contribution < 1.29 is 9.84 Å². The molecule has 0 radical (unpaired) electrons. The van der Waals surface area contributed by atoms with E-state index in [1.54, 1.807) is 12.4 Å². The Balaban J connectivity index is 1.51. The largest absolute Gasteiger partial charge is 0.385 e. The van der Waals surface area contributed by atoms with Crippen LogP contribution in [0.25, 0.3) is 0 Å². The molecule has 2 fully saturated rings. The van der Waals surface area contributed by atoms with Crippen LogP contribution in [0.3, 0.4) is 0 Å². The third kappa shape index (κ3) is 3.37. The second-order valence-electron chi connectivity index (χ2n) is 7.02. The normalized spacial score (nSPS) is 23.0. The monoisotopic (exact) mass is 340 g/mol. The molecule has 0 spiro atoms. The van der Waals surface area contributed by atoms with Crippen molar-refractivity contribution in [3.05, 3.63) is 47.7 Å². The molecule has 0 bridgehead atoms. The van der Waals surface area contributed by atoms with Gasteiger partial charge in [0.25, 0.3) is 0 Å². The summed E-state index contributed by atoms with van der Waals surface area (Å²) in [5.41, 5.74) is 1.18. The number of ether oxygens (including phenoxy) is 1. The van der Waals surface area contributed by atoms with Gasteiger partial charge in [0.05, 0.1) is 17.9 Å². The van der Waals surface area contributed by atoms with Crippen molar-refractivity contribution in [3.63, 3.8) is 0 Å². The molecule has 2 aliphatic rings. The minimum atomic E-state index is -0.797. The van der Waals surface area contributed by atoms with Gasteiger partial charge in [-0.1, -0.05) is 6.07 Å². The molecule has 6 heteroatoms. The number of anilines is 1. The van der Waals surface area contributed by atoms with Crippen LogP contribution in [0.15, 0.2) is 30.6 Å². The van der Waals surface area contributed by atoms with E-state index in [0.29, 0.717) is 18.8 Å². The van der Waals surface area contributed by atoms with Gasteiger partial charge in [-0.05, 0) is 32.3 Å². The zero-order valence-electron chi connectivity index (χ0n) is 14.6. The zero-order chi connectivity index (χ0) is 17.3. The molecule has 2 aromatic heterocycles. The molecule has 0 aromatic carbocycles. The zero-order valence-corrected chi connectivity index (χ0v) is 14.6. The third-order valence-electron chi connectivity index (χ3n) is 5.31. The Morgan fingerprint density at radius 1 is 1.28 bits per heavy atom. The number of nitrogens with zero attached hydrogens (tertiary/aromatic N) is 4. The third-order valence-corrected chi connectivity index (χ3v) is 5.31. The summed E-state index contributed by atoms with van der Waals surface area (Å²) in [5.74, 6) is 2.13. The smallest absolute Gasteiger partial charge is 0.132 e. The van der Waals surface area contributed by atoms with E-state index in [1.807, 2.05) is 19.1 Å². The van der Waals surface area contributed by atoms with E-state index in [4.69, 9.17) is 4.74 Å². The molecule has 2 aliphatic heterocycles. The lowest BCUT2D eigenvalue weighted by molar-refractivity contribution is 0.0113. The fraction of sp³-hybridized carbons (Fsp3) is 0.526. The minimum absolute atomic E-state index is 0.373. The second kappa shape index (κ2) is 6.69. The molecule has 4 rings (SSSR count). The summed E-state index contributed by atoms with van der Waals surface area (Å²) in [6.45, 7) is 5.03. The van der Waals surface area contributed by atoms with Crippen LogP contribution in [-0.4, -0.2) is 46.4 Å². The van der Waals surface area contributed by atoms with Gasteiger partial charge in [0.2, 0.25) is 0 Å². The van der Waals surface area contributed by atoms with E-state index in [0.717, 1.165) is 55.6 Å². The van der Waals surface area contributed by atoms with E-state index in [9.17, 15) is 5.11 Å². The summed E-state index contributed by atoms with van der Waals surface area (Å²) >= 11 is 0. The van der Waals surface area contributed by atoms with E-state index in [-0.39, 0.29) is 0 Å². The Kier molecular flexibility index (Phi) is 4.39. The number of aromatic nitrogens is 3. The second-order valence-corrected chi connectivity index (χ2v) is 7.02. The average Bonchev–Trinajstić information content (AvgIpc) is 3.17. The summed E-state index contributed by atoms with van der Waals surface area (Å²) in [7, 11) is 0. The Hall–Kier alpha value is -2.05. The van der Waals surface area contributed by atoms with Gasteiger partial charge in [0, 0.05) is 49.6 Å². The van der Waals surface area contributed by atoms with Crippen LogP contribution >= 0.6 is 0 Å². The SMILES string of the molecule is Cc1nc(C2CCOC2)cc(N2CCC(O)(c3cccnc3)CC2)n1. The number of aliphatic hydroxyl groups is 1. The summed E-state index contributed by atoms with van der Waals surface area (Å²) in [6, 6.07) is 5.93. The Morgan fingerprint density at radius 2 is 2.12 bits per heavy atom. The fourth-order valence-corrected chi connectivity index (χ4v) is 3.75. The Labute approximate surface area is 147 Å². The Bertz CT molecular complexity index is 723. The highest BCUT2D eigenvalue weighted by Gasteiger charge is 2.35. The highest BCUT2D eigenvalue weighted by molar-refractivity contribution is 5.42. The molecule has 1 atom stereocenters. The van der Waals surface area contributed by atoms with Gasteiger partial charge in [-0.15, -0.1) is 0 Å². The summed E-state index contributed by atoms with van der Waals surface area (Å²) in [5, 5.41) is 11.0. The van der Waals surface area contributed by atoms with E-state index < -0.39 is 5.60 Å². The molecule has 0 aliphatic carbocycles. The van der Waals surface area contributed by atoms with Crippen LogP contribution in [0.5, 0.6) is 0 Å². The molecule has 1 unspecified atom stereocenters. The van der Waals surface area contributed by atoms with Gasteiger partial charge >= 0.3 is 0 Å². The highest BCUT2D eigenvalue weighted by atomic mass is 16.5. The number of hydrogen-bond donors (Lipinski definition) is 1. The number of aryl methyl sites for hydroxylation is 1. The first-order chi connectivity index (χ1) is 12.1. The standard InChI is InChI=1S/C19H24N4O2/c1-14-21-17(15-4-10-25-13-15)11-18(22-14)23-8-5-19(24,6-9-23)16-3-2-7-20-12-16/h2-3,7,11-12,15,24H,4-6,8-10,13H2,1H3. The molecule has 2 saturated heterocycles. The maximum Gasteiger partial charge on any atom is 0.132 e. The average molecular weight is 340 g/mol. The van der Waals surface area contributed by atoms with E-state index >= 15 is 0 Å². The van der Waals surface area contributed by atoms with Gasteiger partial charge < -0.3 is 14.7 Å². The maximum atomic E-state index is 11.0. The first-order valence-electron chi connectivity index (χ1n) is 8.95. The van der Waals surface area contributed by atoms with Crippen LogP contribution in [0.2, 0.25) is 0 Å². The predicted molar refractivity (Wildman–Crippen MR) is 94.5 cm³/mol. The van der Waals surface area contributed by atoms with Crippen molar-refractivity contribution in [1.29, 1.82) is 0 Å². The van der Waals surface area contributed by atoms with Crippen molar-refractivity contribution in [2.75, 3.05) is 31.2 Å². The molecule has 1 N–H and O–H groups in total. The van der Waals surface area contributed by atoms with Crippen LogP contribution < -0.4 is 4.90 Å². The van der Waals surface area contributed by atoms with Crippen molar-refractivity contribution in [2.24, 2.45) is 0 Å². The molecular weight excluding hydrogens is 316 g/mol. The topological polar surface area (TPSA) is 71.4 Å². The quantitative estimate of drug-likeness (QED) is 0.923. The van der Waals surface area contributed by atoms with Gasteiger partial charge in [-0.25, -0.2) is 9.97 Å². The summed E-state index contributed by atoms with van der Waals surface area (Å²) < 4.78 is 5.50. The molecule has 4 heterocycles. The van der Waals surface area contributed by atoms with E-state index in [1.165, 1.54) is 0 Å². The molecule has 132 valence electrons. The van der Waals surface area contributed by atoms with Gasteiger partial charge in [0.1, 0.15) is 11.6 Å². The summed E-state index contributed by atoms with van der Waals surface area (Å²) in [6.07, 6.45) is 5.87. The first-order valence-corrected chi connectivity index (χ1v) is 8.95. The van der Waals surface area contributed by atoms with Gasteiger partial charge in [0.15, 0.2) is 0 Å². The molecule has 2 aromatic rings. The number of hydrogen-bond acceptors (Lipinski definition) is 6. The number of pyridine rings is 1. The van der Waals surface area contributed by atoms with Crippen molar-refractivity contribution in [3.8, 4) is 0 Å². The minimum Gasteiger partial charge on any atom is -0.385 e. The van der Waals surface area contributed by atoms with Crippen LogP contribution in [0.4, 0.5) is 5.82 Å². The van der Waals surface area contributed by atoms with Gasteiger partial charge in [-0.2, -0.15) is 0 Å². The highest BCUT2D eigenvalue weighted by Crippen LogP contribution is 2.34. The van der Waals surface area contributed by atoms with Gasteiger partial charge in [-0.3, -0.25) is 4.98 Å². The fourth-order valence-electron chi connectivity index (χ4n) is 3.75. The maximum absolute atomic E-state index is 11.0. The predicted octanol–water partition coefficient (Wildman–Crippen LogP) is 2.17.